The molecule has 2 fully saturated rings. The summed E-state index contributed by atoms with van der Waals surface area (Å²) in [5, 5.41) is 19.6. The van der Waals surface area contributed by atoms with Gasteiger partial charge in [0.15, 0.2) is 0 Å². The van der Waals surface area contributed by atoms with Crippen LogP contribution in [0.15, 0.2) is 18.2 Å². The average molecular weight is 390 g/mol. The van der Waals surface area contributed by atoms with Gasteiger partial charge < -0.3 is 20.3 Å². The number of benzene rings is 1. The maximum Gasteiger partial charge on any atom is 0.414 e. The van der Waals surface area contributed by atoms with Gasteiger partial charge in [-0.1, -0.05) is 23.2 Å². The molecule has 0 spiro atoms. The Balaban J connectivity index is 0.000000326. The van der Waals surface area contributed by atoms with Gasteiger partial charge in [-0.25, -0.2) is 9.59 Å². The van der Waals surface area contributed by atoms with Crippen LogP contribution in [0.3, 0.4) is 0 Å². The molecule has 2 aliphatic rings. The molecule has 2 aliphatic heterocycles. The molecular weight excluding hydrogens is 369 g/mol. The van der Waals surface area contributed by atoms with Crippen molar-refractivity contribution in [2.75, 3.05) is 6.61 Å². The van der Waals surface area contributed by atoms with Gasteiger partial charge in [0, 0.05) is 18.2 Å². The van der Waals surface area contributed by atoms with Gasteiger partial charge in [0.1, 0.15) is 5.75 Å². The molecule has 3 N–H and O–H groups in total. The highest BCUT2D eigenvalue weighted by atomic mass is 35.5. The number of aliphatic carboxylic acids is 2. The summed E-state index contributed by atoms with van der Waals surface area (Å²) in [6, 6.07) is 6.96. The molecule has 1 aromatic carbocycles. The molecule has 2 unspecified atom stereocenters. The summed E-state index contributed by atoms with van der Waals surface area (Å²) in [7, 11) is 0. The number of nitrogens with one attached hydrogen (secondary N) is 1. The van der Waals surface area contributed by atoms with Crippen LogP contribution in [0.25, 0.3) is 0 Å². The molecule has 2 atom stereocenters. The largest absolute Gasteiger partial charge is 0.494 e. The minimum atomic E-state index is -1.82. The van der Waals surface area contributed by atoms with Crippen LogP contribution < -0.4 is 10.1 Å². The van der Waals surface area contributed by atoms with Crippen LogP contribution in [0.2, 0.25) is 10.0 Å². The Morgan fingerprint density at radius 2 is 1.68 bits per heavy atom. The molecule has 8 heteroatoms. The third-order valence-electron chi connectivity index (χ3n) is 4.44. The highest BCUT2D eigenvalue weighted by Crippen LogP contribution is 2.33. The van der Waals surface area contributed by atoms with Crippen molar-refractivity contribution in [2.45, 2.75) is 44.2 Å². The first kappa shape index (κ1) is 19.8. The Kier molecular flexibility index (Phi) is 7.35. The second kappa shape index (κ2) is 9.27. The van der Waals surface area contributed by atoms with Crippen LogP contribution in [0.5, 0.6) is 5.75 Å². The number of ether oxygens (including phenoxy) is 1. The van der Waals surface area contributed by atoms with Gasteiger partial charge in [-0.05, 0) is 50.2 Å². The highest BCUT2D eigenvalue weighted by molar-refractivity contribution is 6.42. The van der Waals surface area contributed by atoms with E-state index in [1.54, 1.807) is 12.1 Å². The van der Waals surface area contributed by atoms with Crippen LogP contribution in [-0.4, -0.2) is 40.8 Å². The maximum absolute atomic E-state index is 9.10. The fourth-order valence-electron chi connectivity index (χ4n) is 3.32. The van der Waals surface area contributed by atoms with Gasteiger partial charge in [-0.2, -0.15) is 0 Å². The van der Waals surface area contributed by atoms with Crippen molar-refractivity contribution in [3.8, 4) is 5.75 Å². The van der Waals surface area contributed by atoms with Crippen molar-refractivity contribution >= 4 is 35.1 Å². The Morgan fingerprint density at radius 3 is 2.20 bits per heavy atom. The van der Waals surface area contributed by atoms with E-state index in [2.05, 4.69) is 5.32 Å². The van der Waals surface area contributed by atoms with E-state index in [-0.39, 0.29) is 0 Å². The summed E-state index contributed by atoms with van der Waals surface area (Å²) in [5.74, 6) is -2.03. The van der Waals surface area contributed by atoms with Crippen LogP contribution >= 0.6 is 23.2 Å². The predicted molar refractivity (Wildman–Crippen MR) is 94.5 cm³/mol. The van der Waals surface area contributed by atoms with E-state index in [1.165, 1.54) is 25.7 Å². The number of piperidine rings is 1. The molecular formula is C17H21Cl2NO5. The number of rotatable bonds is 4. The Morgan fingerprint density at radius 1 is 1.08 bits per heavy atom. The van der Waals surface area contributed by atoms with Crippen LogP contribution in [0, 0.1) is 5.92 Å². The fourth-order valence-corrected chi connectivity index (χ4v) is 3.61. The number of halogens is 2. The summed E-state index contributed by atoms with van der Waals surface area (Å²) in [5.41, 5.74) is 0. The van der Waals surface area contributed by atoms with Crippen LogP contribution in [0.1, 0.15) is 32.1 Å². The first-order valence-corrected chi connectivity index (χ1v) is 8.91. The van der Waals surface area contributed by atoms with E-state index in [4.69, 9.17) is 47.7 Å². The lowest BCUT2D eigenvalue weighted by molar-refractivity contribution is -0.159. The standard InChI is InChI=1S/C15H19Cl2NO.C2H2O4/c16-14-4-3-13(9-15(14)17)19-6-5-10-7-11-1-2-12(8-10)18-11;3-1(4)2(5)6/h3-4,9-12,18H,1-2,5-8H2;(H,3,4)(H,5,6). The number of hydrogen-bond donors (Lipinski definition) is 3. The summed E-state index contributed by atoms with van der Waals surface area (Å²) >= 11 is 11.8. The van der Waals surface area contributed by atoms with Crippen molar-refractivity contribution in [1.82, 2.24) is 5.32 Å². The lowest BCUT2D eigenvalue weighted by Crippen LogP contribution is -2.38. The van der Waals surface area contributed by atoms with Crippen molar-refractivity contribution in [1.29, 1.82) is 0 Å². The minimum Gasteiger partial charge on any atom is -0.494 e. The maximum atomic E-state index is 9.10. The molecule has 0 aromatic heterocycles. The second-order valence-electron chi connectivity index (χ2n) is 6.30. The molecule has 3 rings (SSSR count). The van der Waals surface area contributed by atoms with Crippen LogP contribution in [0.4, 0.5) is 0 Å². The smallest absolute Gasteiger partial charge is 0.414 e. The van der Waals surface area contributed by atoms with E-state index < -0.39 is 11.9 Å². The lowest BCUT2D eigenvalue weighted by Gasteiger charge is -2.29. The molecule has 0 radical (unpaired) electrons. The van der Waals surface area contributed by atoms with E-state index >= 15 is 0 Å². The zero-order valence-electron chi connectivity index (χ0n) is 13.6. The first-order chi connectivity index (χ1) is 11.8. The molecule has 1 aromatic rings. The molecule has 0 amide bonds. The minimum absolute atomic E-state index is 0.555. The van der Waals surface area contributed by atoms with E-state index in [1.807, 2.05) is 6.07 Å². The van der Waals surface area contributed by atoms with Crippen molar-refractivity contribution < 1.29 is 24.5 Å². The van der Waals surface area contributed by atoms with Crippen molar-refractivity contribution in [2.24, 2.45) is 5.92 Å². The average Bonchev–Trinajstić information content (AvgIpc) is 2.90. The summed E-state index contributed by atoms with van der Waals surface area (Å²) in [6.07, 6.45) is 6.46. The number of carbonyl (C=O) groups is 2. The molecule has 2 heterocycles. The van der Waals surface area contributed by atoms with E-state index in [0.29, 0.717) is 10.0 Å². The highest BCUT2D eigenvalue weighted by Gasteiger charge is 2.33. The van der Waals surface area contributed by atoms with Gasteiger partial charge in [0.25, 0.3) is 0 Å². The summed E-state index contributed by atoms with van der Waals surface area (Å²) < 4.78 is 5.77. The molecule has 0 saturated carbocycles. The third-order valence-corrected chi connectivity index (χ3v) is 5.18. The van der Waals surface area contributed by atoms with Crippen molar-refractivity contribution in [3.63, 3.8) is 0 Å². The summed E-state index contributed by atoms with van der Waals surface area (Å²) in [6.45, 7) is 0.766. The molecule has 25 heavy (non-hydrogen) atoms. The van der Waals surface area contributed by atoms with Gasteiger partial charge in [0.2, 0.25) is 0 Å². The third kappa shape index (κ3) is 6.38. The number of fused-ring (bicyclic) bond motifs is 2. The monoisotopic (exact) mass is 389 g/mol. The fraction of sp³-hybridized carbons (Fsp3) is 0.529. The molecule has 2 bridgehead atoms. The predicted octanol–water partition coefficient (Wildman–Crippen LogP) is 3.45. The van der Waals surface area contributed by atoms with Crippen molar-refractivity contribution in [3.05, 3.63) is 28.2 Å². The van der Waals surface area contributed by atoms with Gasteiger partial charge >= 0.3 is 11.9 Å². The topological polar surface area (TPSA) is 95.9 Å². The Bertz CT molecular complexity index is 601. The molecule has 2 saturated heterocycles. The zero-order valence-corrected chi connectivity index (χ0v) is 15.1. The van der Waals surface area contributed by atoms with E-state index in [0.717, 1.165) is 36.8 Å². The number of hydrogen-bond acceptors (Lipinski definition) is 4. The molecule has 6 nitrogen and oxygen atoms in total. The Labute approximate surface area is 156 Å². The van der Waals surface area contributed by atoms with Gasteiger partial charge in [-0.15, -0.1) is 0 Å². The Hall–Kier alpha value is -1.50. The molecule has 138 valence electrons. The first-order valence-electron chi connectivity index (χ1n) is 8.15. The second-order valence-corrected chi connectivity index (χ2v) is 7.11. The lowest BCUT2D eigenvalue weighted by atomic mass is 9.90. The summed E-state index contributed by atoms with van der Waals surface area (Å²) in [4.78, 5) is 18.2. The van der Waals surface area contributed by atoms with Crippen LogP contribution in [-0.2, 0) is 9.59 Å². The van der Waals surface area contributed by atoms with Gasteiger partial charge in [0.05, 0.1) is 16.7 Å². The number of carboxylic acid groups (broad SMARTS) is 2. The molecule has 0 aliphatic carbocycles. The van der Waals surface area contributed by atoms with E-state index in [9.17, 15) is 0 Å². The normalized spacial score (nSPS) is 24.2. The number of carboxylic acids is 2. The quantitative estimate of drug-likeness (QED) is 0.682. The van der Waals surface area contributed by atoms with Gasteiger partial charge in [-0.3, -0.25) is 0 Å². The zero-order chi connectivity index (χ0) is 18.4. The SMILES string of the molecule is Clc1ccc(OCCC2CC3CCC(C2)N3)cc1Cl.O=C(O)C(=O)O.